The van der Waals surface area contributed by atoms with Gasteiger partial charge in [-0.3, -0.25) is 15.0 Å². The van der Waals surface area contributed by atoms with Crippen molar-refractivity contribution in [2.75, 3.05) is 0 Å². The number of hydrogen-bond acceptors (Lipinski definition) is 3. The smallest absolute Gasteiger partial charge is 0.0704 e. The Morgan fingerprint density at radius 1 is 0.347 bits per heavy atom. The normalized spacial score (nSPS) is 11.0. The number of pyridine rings is 3. The molecule has 3 heteroatoms. The molecule has 7 rings (SSSR count). The average molecular weight is 636 g/mol. The fourth-order valence-corrected chi connectivity index (χ4v) is 6.43. The van der Waals surface area contributed by atoms with E-state index in [1.165, 1.54) is 44.5 Å². The summed E-state index contributed by atoms with van der Waals surface area (Å²) >= 11 is 0. The van der Waals surface area contributed by atoms with Crippen LogP contribution in [0.2, 0.25) is 0 Å². The van der Waals surface area contributed by atoms with E-state index in [1.807, 2.05) is 30.7 Å². The molecule has 0 N–H and O–H groups in total. The largest absolute Gasteiger partial charge is 0.256 e. The molecule has 3 heterocycles. The van der Waals surface area contributed by atoms with Gasteiger partial charge < -0.3 is 0 Å². The lowest BCUT2D eigenvalue weighted by Gasteiger charge is -2.12. The summed E-state index contributed by atoms with van der Waals surface area (Å²) in [6.45, 7) is 2.14. The van der Waals surface area contributed by atoms with Crippen molar-refractivity contribution in [1.82, 2.24) is 15.0 Å². The minimum Gasteiger partial charge on any atom is -0.256 e. The van der Waals surface area contributed by atoms with Gasteiger partial charge in [-0.05, 0) is 103 Å². The van der Waals surface area contributed by atoms with E-state index in [9.17, 15) is 0 Å². The van der Waals surface area contributed by atoms with Crippen LogP contribution in [0.1, 0.15) is 38.9 Å². The molecule has 0 aliphatic carbocycles. The SMILES string of the molecule is Cc1ccccc1-c1ccc(CCc2cc(CCc3ccc(-c4ccccc4)nc3)cc(CCc3ccc(-c4ccccc4)nc3)c2)cn1. The van der Waals surface area contributed by atoms with Gasteiger partial charge in [0.25, 0.3) is 0 Å². The highest BCUT2D eigenvalue weighted by Gasteiger charge is 2.08. The summed E-state index contributed by atoms with van der Waals surface area (Å²) < 4.78 is 0. The van der Waals surface area contributed by atoms with Gasteiger partial charge in [-0.15, -0.1) is 0 Å². The van der Waals surface area contributed by atoms with E-state index in [2.05, 4.69) is 134 Å². The summed E-state index contributed by atoms with van der Waals surface area (Å²) in [5.41, 5.74) is 15.7. The van der Waals surface area contributed by atoms with Crippen LogP contribution in [0, 0.1) is 6.92 Å². The highest BCUT2D eigenvalue weighted by Crippen LogP contribution is 2.23. The van der Waals surface area contributed by atoms with Gasteiger partial charge in [0.15, 0.2) is 0 Å². The molecule has 3 aromatic heterocycles. The van der Waals surface area contributed by atoms with E-state index in [0.717, 1.165) is 66.7 Å². The second kappa shape index (κ2) is 15.5. The third-order valence-electron chi connectivity index (χ3n) is 9.25. The van der Waals surface area contributed by atoms with Crippen LogP contribution in [-0.2, 0) is 38.5 Å². The predicted octanol–water partition coefficient (Wildman–Crippen LogP) is 10.5. The second-order valence-corrected chi connectivity index (χ2v) is 12.9. The topological polar surface area (TPSA) is 38.7 Å². The van der Waals surface area contributed by atoms with E-state index in [1.54, 1.807) is 0 Å². The molecule has 240 valence electrons. The molecule has 0 bridgehead atoms. The first kappa shape index (κ1) is 31.9. The number of benzene rings is 4. The van der Waals surface area contributed by atoms with Gasteiger partial charge >= 0.3 is 0 Å². The lowest BCUT2D eigenvalue weighted by Crippen LogP contribution is -2.01. The fraction of sp³-hybridized carbons (Fsp3) is 0.152. The zero-order valence-electron chi connectivity index (χ0n) is 28.1. The van der Waals surface area contributed by atoms with E-state index in [4.69, 9.17) is 15.0 Å². The average Bonchev–Trinajstić information content (AvgIpc) is 3.17. The molecule has 0 amide bonds. The Morgan fingerprint density at radius 3 is 1.10 bits per heavy atom. The molecule has 0 unspecified atom stereocenters. The Balaban J connectivity index is 1.05. The van der Waals surface area contributed by atoms with Crippen LogP contribution in [0.3, 0.4) is 0 Å². The van der Waals surface area contributed by atoms with Gasteiger partial charge in [0, 0.05) is 35.3 Å². The number of hydrogen-bond donors (Lipinski definition) is 0. The maximum absolute atomic E-state index is 4.82. The van der Waals surface area contributed by atoms with Crippen molar-refractivity contribution in [3.8, 4) is 33.8 Å². The third kappa shape index (κ3) is 8.44. The van der Waals surface area contributed by atoms with Crippen LogP contribution < -0.4 is 0 Å². The van der Waals surface area contributed by atoms with Gasteiger partial charge in [-0.25, -0.2) is 0 Å². The van der Waals surface area contributed by atoms with Crippen molar-refractivity contribution >= 4 is 0 Å². The summed E-state index contributed by atoms with van der Waals surface area (Å²) in [6.07, 6.45) is 11.9. The van der Waals surface area contributed by atoms with Gasteiger partial charge in [0.2, 0.25) is 0 Å². The number of aromatic nitrogens is 3. The predicted molar refractivity (Wildman–Crippen MR) is 202 cm³/mol. The molecular weight excluding hydrogens is 595 g/mol. The molecule has 49 heavy (non-hydrogen) atoms. The van der Waals surface area contributed by atoms with Gasteiger partial charge in [0.05, 0.1) is 17.1 Å². The molecule has 0 aliphatic rings. The molecule has 4 aromatic carbocycles. The van der Waals surface area contributed by atoms with Crippen LogP contribution in [0.4, 0.5) is 0 Å². The summed E-state index contributed by atoms with van der Waals surface area (Å²) in [5.74, 6) is 0. The highest BCUT2D eigenvalue weighted by molar-refractivity contribution is 5.63. The van der Waals surface area contributed by atoms with E-state index < -0.39 is 0 Å². The monoisotopic (exact) mass is 635 g/mol. The molecule has 7 aromatic rings. The van der Waals surface area contributed by atoms with Gasteiger partial charge in [0.1, 0.15) is 0 Å². The first-order valence-corrected chi connectivity index (χ1v) is 17.3. The van der Waals surface area contributed by atoms with Crippen LogP contribution in [-0.4, -0.2) is 15.0 Å². The van der Waals surface area contributed by atoms with E-state index in [0.29, 0.717) is 0 Å². The number of aryl methyl sites for hydroxylation is 7. The maximum atomic E-state index is 4.82. The first-order chi connectivity index (χ1) is 24.2. The zero-order chi connectivity index (χ0) is 33.3. The Labute approximate surface area is 290 Å². The van der Waals surface area contributed by atoms with Crippen LogP contribution >= 0.6 is 0 Å². The Bertz CT molecular complexity index is 1980. The minimum atomic E-state index is 0.958. The Kier molecular flexibility index (Phi) is 10.1. The Hall–Kier alpha value is -5.67. The summed E-state index contributed by atoms with van der Waals surface area (Å²) in [5, 5.41) is 0. The quantitative estimate of drug-likeness (QED) is 0.134. The number of rotatable bonds is 12. The van der Waals surface area contributed by atoms with E-state index >= 15 is 0 Å². The maximum Gasteiger partial charge on any atom is 0.0704 e. The fourth-order valence-electron chi connectivity index (χ4n) is 6.43. The van der Waals surface area contributed by atoms with E-state index in [-0.39, 0.29) is 0 Å². The molecule has 3 nitrogen and oxygen atoms in total. The van der Waals surface area contributed by atoms with Crippen LogP contribution in [0.15, 0.2) is 158 Å². The molecule has 0 saturated heterocycles. The van der Waals surface area contributed by atoms with Crippen molar-refractivity contribution < 1.29 is 0 Å². The zero-order valence-corrected chi connectivity index (χ0v) is 28.1. The molecule has 0 atom stereocenters. The van der Waals surface area contributed by atoms with Crippen LogP contribution in [0.5, 0.6) is 0 Å². The lowest BCUT2D eigenvalue weighted by molar-refractivity contribution is 0.897. The third-order valence-corrected chi connectivity index (χ3v) is 9.25. The molecular formula is C46H41N3. The molecule has 0 fully saturated rings. The van der Waals surface area contributed by atoms with Crippen molar-refractivity contribution in [1.29, 1.82) is 0 Å². The standard InChI is InChI=1S/C46H41N3/c1-34-10-8-9-15-43(34)46-27-24-37(33-49-46)18-21-40-29-38(19-16-35-22-25-44(47-31-35)41-11-4-2-5-12-41)28-39(30-40)20-17-36-23-26-45(48-32-36)42-13-6-3-7-14-42/h2-15,22-33H,16-21H2,1H3. The summed E-state index contributed by atoms with van der Waals surface area (Å²) in [4.78, 5) is 14.4. The lowest BCUT2D eigenvalue weighted by atomic mass is 9.94. The minimum absolute atomic E-state index is 0.958. The van der Waals surface area contributed by atoms with Crippen LogP contribution in [0.25, 0.3) is 33.8 Å². The summed E-state index contributed by atoms with van der Waals surface area (Å²) in [6, 6.07) is 49.5. The highest BCUT2D eigenvalue weighted by atomic mass is 14.7. The van der Waals surface area contributed by atoms with Gasteiger partial charge in [-0.2, -0.15) is 0 Å². The molecule has 0 saturated carbocycles. The van der Waals surface area contributed by atoms with Gasteiger partial charge in [-0.1, -0.05) is 121 Å². The summed E-state index contributed by atoms with van der Waals surface area (Å²) in [7, 11) is 0. The number of nitrogens with zero attached hydrogens (tertiary/aromatic N) is 3. The second-order valence-electron chi connectivity index (χ2n) is 12.9. The first-order valence-electron chi connectivity index (χ1n) is 17.3. The molecule has 0 spiro atoms. The van der Waals surface area contributed by atoms with Crippen molar-refractivity contribution in [2.24, 2.45) is 0 Å². The van der Waals surface area contributed by atoms with Crippen molar-refractivity contribution in [3.05, 3.63) is 197 Å². The van der Waals surface area contributed by atoms with Crippen molar-refractivity contribution in [3.63, 3.8) is 0 Å². The van der Waals surface area contributed by atoms with Crippen molar-refractivity contribution in [2.45, 2.75) is 45.4 Å². The Morgan fingerprint density at radius 2 is 0.714 bits per heavy atom. The molecule has 0 radical (unpaired) electrons. The molecule has 0 aliphatic heterocycles.